The van der Waals surface area contributed by atoms with Gasteiger partial charge in [0.2, 0.25) is 0 Å². The molecule has 0 amide bonds. The minimum Gasteiger partial charge on any atom is -0.367 e. The fourth-order valence-corrected chi connectivity index (χ4v) is 1.95. The summed E-state index contributed by atoms with van der Waals surface area (Å²) < 4.78 is 0. The number of anilines is 1. The van der Waals surface area contributed by atoms with Crippen LogP contribution in [0.25, 0.3) is 0 Å². The van der Waals surface area contributed by atoms with Crippen LogP contribution in [-0.4, -0.2) is 41.5 Å². The minimum atomic E-state index is 0.363. The number of nitrogens with one attached hydrogen (secondary N) is 1. The van der Waals surface area contributed by atoms with Gasteiger partial charge in [0.25, 0.3) is 0 Å². The number of aromatic nitrogens is 2. The maximum absolute atomic E-state index is 6.17. The molecule has 0 radical (unpaired) electrons. The number of hydrogen-bond acceptors (Lipinski definition) is 4. The molecule has 5 heteroatoms. The van der Waals surface area contributed by atoms with Gasteiger partial charge in [-0.1, -0.05) is 18.5 Å². The predicted octanol–water partition coefficient (Wildman–Crippen LogP) is 3.14. The molecule has 19 heavy (non-hydrogen) atoms. The van der Waals surface area contributed by atoms with E-state index < -0.39 is 0 Å². The summed E-state index contributed by atoms with van der Waals surface area (Å²) >= 11 is 6.17. The fourth-order valence-electron chi connectivity index (χ4n) is 1.77. The van der Waals surface area contributed by atoms with Crippen molar-refractivity contribution >= 4 is 17.4 Å². The number of nitrogens with zero attached hydrogens (tertiary/aromatic N) is 3. The van der Waals surface area contributed by atoms with E-state index >= 15 is 0 Å². The van der Waals surface area contributed by atoms with Crippen LogP contribution < -0.4 is 5.32 Å². The molecule has 0 aromatic carbocycles. The molecule has 108 valence electrons. The third kappa shape index (κ3) is 5.33. The van der Waals surface area contributed by atoms with Crippen molar-refractivity contribution < 1.29 is 0 Å². The largest absolute Gasteiger partial charge is 0.367 e. The quantitative estimate of drug-likeness (QED) is 0.781. The Bertz CT molecular complexity index is 407. The van der Waals surface area contributed by atoms with Gasteiger partial charge in [-0.3, -0.25) is 0 Å². The van der Waals surface area contributed by atoms with Gasteiger partial charge in [-0.05, 0) is 47.3 Å². The van der Waals surface area contributed by atoms with E-state index in [1.54, 1.807) is 0 Å². The van der Waals surface area contributed by atoms with Crippen molar-refractivity contribution in [3.05, 3.63) is 16.5 Å². The van der Waals surface area contributed by atoms with Crippen LogP contribution in [0.3, 0.4) is 0 Å². The molecule has 1 unspecified atom stereocenters. The highest BCUT2D eigenvalue weighted by Crippen LogP contribution is 2.21. The van der Waals surface area contributed by atoms with Crippen LogP contribution in [0.5, 0.6) is 0 Å². The molecule has 0 spiro atoms. The van der Waals surface area contributed by atoms with Crippen molar-refractivity contribution in [3.8, 4) is 0 Å². The predicted molar refractivity (Wildman–Crippen MR) is 82.0 cm³/mol. The molecule has 1 N–H and O–H groups in total. The van der Waals surface area contributed by atoms with Crippen LogP contribution in [0, 0.1) is 6.92 Å². The molecule has 1 atom stereocenters. The first kappa shape index (κ1) is 16.2. The number of aryl methyl sites for hydroxylation is 1. The van der Waals surface area contributed by atoms with Crippen molar-refractivity contribution in [3.63, 3.8) is 0 Å². The molecule has 1 heterocycles. The molecule has 4 nitrogen and oxygen atoms in total. The van der Waals surface area contributed by atoms with Gasteiger partial charge in [0.15, 0.2) is 0 Å². The van der Waals surface area contributed by atoms with E-state index in [4.69, 9.17) is 11.6 Å². The summed E-state index contributed by atoms with van der Waals surface area (Å²) in [5.74, 6) is 1.69. The van der Waals surface area contributed by atoms with Crippen molar-refractivity contribution in [2.75, 3.05) is 26.0 Å². The third-order valence-electron chi connectivity index (χ3n) is 3.00. The van der Waals surface area contributed by atoms with Gasteiger partial charge in [0.1, 0.15) is 16.8 Å². The van der Waals surface area contributed by atoms with E-state index in [1.807, 2.05) is 6.92 Å². The lowest BCUT2D eigenvalue weighted by atomic mass is 10.2. The topological polar surface area (TPSA) is 41.1 Å². The van der Waals surface area contributed by atoms with E-state index in [-0.39, 0.29) is 0 Å². The lowest BCUT2D eigenvalue weighted by Crippen LogP contribution is -2.24. The zero-order valence-corrected chi connectivity index (χ0v) is 13.4. The van der Waals surface area contributed by atoms with Gasteiger partial charge in [-0.2, -0.15) is 0 Å². The lowest BCUT2D eigenvalue weighted by Gasteiger charge is -2.19. The zero-order chi connectivity index (χ0) is 14.4. The van der Waals surface area contributed by atoms with Crippen molar-refractivity contribution in [2.24, 2.45) is 0 Å². The molecule has 1 aromatic heterocycles. The van der Waals surface area contributed by atoms with Crippen molar-refractivity contribution in [2.45, 2.75) is 46.1 Å². The molecular weight excluding hydrogens is 260 g/mol. The second kappa shape index (κ2) is 7.65. The molecule has 0 aliphatic carbocycles. The molecule has 0 bridgehead atoms. The molecule has 0 fully saturated rings. The number of halogens is 1. The van der Waals surface area contributed by atoms with Gasteiger partial charge >= 0.3 is 0 Å². The SMILES string of the molecule is CCCc1nc(Cl)c(C)c(NC(C)CCN(C)C)n1. The normalized spacial score (nSPS) is 12.8. The number of hydrogen-bond donors (Lipinski definition) is 1. The minimum absolute atomic E-state index is 0.363. The maximum atomic E-state index is 6.17. The highest BCUT2D eigenvalue weighted by atomic mass is 35.5. The van der Waals surface area contributed by atoms with E-state index in [1.165, 1.54) is 0 Å². The lowest BCUT2D eigenvalue weighted by molar-refractivity contribution is 0.390. The first-order chi connectivity index (χ1) is 8.93. The van der Waals surface area contributed by atoms with E-state index in [0.29, 0.717) is 11.2 Å². The number of rotatable bonds is 7. The Kier molecular flexibility index (Phi) is 6.52. The van der Waals surface area contributed by atoms with E-state index in [2.05, 4.69) is 48.1 Å². The monoisotopic (exact) mass is 284 g/mol. The third-order valence-corrected chi connectivity index (χ3v) is 3.37. The van der Waals surface area contributed by atoms with E-state index in [9.17, 15) is 0 Å². The van der Waals surface area contributed by atoms with Crippen LogP contribution in [0.1, 0.15) is 38.1 Å². The Balaban J connectivity index is 2.75. The van der Waals surface area contributed by atoms with Gasteiger partial charge in [0, 0.05) is 18.0 Å². The first-order valence-electron chi connectivity index (χ1n) is 6.88. The summed E-state index contributed by atoms with van der Waals surface area (Å²) in [6, 6.07) is 0.363. The fraction of sp³-hybridized carbons (Fsp3) is 0.714. The highest BCUT2D eigenvalue weighted by Gasteiger charge is 2.11. The van der Waals surface area contributed by atoms with Gasteiger partial charge in [0.05, 0.1) is 0 Å². The average Bonchev–Trinajstić information content (AvgIpc) is 2.33. The summed E-state index contributed by atoms with van der Waals surface area (Å²) in [7, 11) is 4.16. The maximum Gasteiger partial charge on any atom is 0.137 e. The average molecular weight is 285 g/mol. The molecule has 0 aliphatic rings. The summed E-state index contributed by atoms with van der Waals surface area (Å²) in [5.41, 5.74) is 0.929. The molecule has 0 aliphatic heterocycles. The van der Waals surface area contributed by atoms with Gasteiger partial charge < -0.3 is 10.2 Å². The smallest absolute Gasteiger partial charge is 0.137 e. The molecular formula is C14H25ClN4. The summed E-state index contributed by atoms with van der Waals surface area (Å²) in [6.45, 7) is 7.29. The van der Waals surface area contributed by atoms with Crippen LogP contribution in [-0.2, 0) is 6.42 Å². The molecule has 1 rings (SSSR count). The highest BCUT2D eigenvalue weighted by molar-refractivity contribution is 6.30. The molecule has 0 saturated heterocycles. The molecule has 0 saturated carbocycles. The second-order valence-electron chi connectivity index (χ2n) is 5.29. The van der Waals surface area contributed by atoms with Crippen LogP contribution in [0.2, 0.25) is 5.15 Å². The van der Waals surface area contributed by atoms with Crippen LogP contribution in [0.4, 0.5) is 5.82 Å². The molecule has 1 aromatic rings. The van der Waals surface area contributed by atoms with E-state index in [0.717, 1.165) is 43.0 Å². The second-order valence-corrected chi connectivity index (χ2v) is 5.65. The Morgan fingerprint density at radius 2 is 2.00 bits per heavy atom. The van der Waals surface area contributed by atoms with Crippen molar-refractivity contribution in [1.29, 1.82) is 0 Å². The van der Waals surface area contributed by atoms with Crippen LogP contribution >= 0.6 is 11.6 Å². The standard InChI is InChI=1S/C14H25ClN4/c1-6-7-12-17-13(15)11(3)14(18-12)16-10(2)8-9-19(4)5/h10H,6-9H2,1-5H3,(H,16,17,18). The summed E-state index contributed by atoms with van der Waals surface area (Å²) in [4.78, 5) is 11.1. The van der Waals surface area contributed by atoms with Crippen molar-refractivity contribution in [1.82, 2.24) is 14.9 Å². The van der Waals surface area contributed by atoms with Gasteiger partial charge in [-0.25, -0.2) is 9.97 Å². The Hall–Kier alpha value is -0.870. The Morgan fingerprint density at radius 1 is 1.32 bits per heavy atom. The Morgan fingerprint density at radius 3 is 2.58 bits per heavy atom. The summed E-state index contributed by atoms with van der Waals surface area (Å²) in [5, 5.41) is 4.00. The first-order valence-corrected chi connectivity index (χ1v) is 7.26. The van der Waals surface area contributed by atoms with Gasteiger partial charge in [-0.15, -0.1) is 0 Å². The van der Waals surface area contributed by atoms with Crippen LogP contribution in [0.15, 0.2) is 0 Å². The Labute approximate surface area is 121 Å². The summed E-state index contributed by atoms with van der Waals surface area (Å²) in [6.07, 6.45) is 2.95. The zero-order valence-electron chi connectivity index (χ0n) is 12.6.